The van der Waals surface area contributed by atoms with Crippen molar-refractivity contribution in [3.63, 3.8) is 0 Å². The molecular weight excluding hydrogens is 312 g/mol. The van der Waals surface area contributed by atoms with E-state index in [1.165, 1.54) is 5.56 Å². The molecule has 0 bridgehead atoms. The number of nitrogens with one attached hydrogen (secondary N) is 1. The van der Waals surface area contributed by atoms with Crippen LogP contribution in [0.1, 0.15) is 31.2 Å². The van der Waals surface area contributed by atoms with Gasteiger partial charge < -0.3 is 5.32 Å². The van der Waals surface area contributed by atoms with Crippen molar-refractivity contribution in [3.8, 4) is 0 Å². The standard InChI is InChI=1S/C17H24N2O3S/c20-17(18-15-8-11-23(21,22)12-9-15)16-7-4-10-19(16)13-14-5-2-1-3-6-14/h1-3,5-6,15-16H,4,7-13H2,(H,18,20)/t16-/m0/s1. The summed E-state index contributed by atoms with van der Waals surface area (Å²) < 4.78 is 22.9. The minimum Gasteiger partial charge on any atom is -0.352 e. The fourth-order valence-corrected chi connectivity index (χ4v) is 4.95. The van der Waals surface area contributed by atoms with Gasteiger partial charge in [-0.25, -0.2) is 8.42 Å². The summed E-state index contributed by atoms with van der Waals surface area (Å²) >= 11 is 0. The summed E-state index contributed by atoms with van der Waals surface area (Å²) in [5.41, 5.74) is 1.22. The van der Waals surface area contributed by atoms with Gasteiger partial charge in [-0.2, -0.15) is 0 Å². The fraction of sp³-hybridized carbons (Fsp3) is 0.588. The molecular formula is C17H24N2O3S. The lowest BCUT2D eigenvalue weighted by Crippen LogP contribution is -2.48. The smallest absolute Gasteiger partial charge is 0.237 e. The molecule has 0 aromatic heterocycles. The van der Waals surface area contributed by atoms with Crippen LogP contribution in [0.3, 0.4) is 0 Å². The summed E-state index contributed by atoms with van der Waals surface area (Å²) in [5.74, 6) is 0.440. The van der Waals surface area contributed by atoms with Gasteiger partial charge >= 0.3 is 0 Å². The minimum atomic E-state index is -2.88. The van der Waals surface area contributed by atoms with Crippen molar-refractivity contribution in [3.05, 3.63) is 35.9 Å². The number of carbonyl (C=O) groups is 1. The van der Waals surface area contributed by atoms with E-state index < -0.39 is 9.84 Å². The van der Waals surface area contributed by atoms with E-state index >= 15 is 0 Å². The van der Waals surface area contributed by atoms with Gasteiger partial charge in [0.25, 0.3) is 0 Å². The number of sulfone groups is 1. The molecule has 0 aliphatic carbocycles. The normalized spacial score (nSPS) is 25.3. The van der Waals surface area contributed by atoms with Crippen LogP contribution in [0.2, 0.25) is 0 Å². The first kappa shape index (κ1) is 16.5. The van der Waals surface area contributed by atoms with Crippen LogP contribution in [0.15, 0.2) is 30.3 Å². The molecule has 1 aromatic rings. The van der Waals surface area contributed by atoms with E-state index in [1.807, 2.05) is 18.2 Å². The molecule has 1 amide bonds. The Kier molecular flexibility index (Phi) is 5.02. The maximum absolute atomic E-state index is 12.6. The van der Waals surface area contributed by atoms with Crippen LogP contribution in [-0.2, 0) is 21.2 Å². The lowest BCUT2D eigenvalue weighted by atomic mass is 10.1. The van der Waals surface area contributed by atoms with E-state index in [0.717, 1.165) is 25.9 Å². The Labute approximate surface area is 138 Å². The highest BCUT2D eigenvalue weighted by molar-refractivity contribution is 7.91. The topological polar surface area (TPSA) is 66.5 Å². The van der Waals surface area contributed by atoms with E-state index in [2.05, 4.69) is 22.3 Å². The van der Waals surface area contributed by atoms with Gasteiger partial charge in [0.2, 0.25) is 5.91 Å². The maximum atomic E-state index is 12.6. The van der Waals surface area contributed by atoms with Crippen LogP contribution < -0.4 is 5.32 Å². The predicted octanol–water partition coefficient (Wildman–Crippen LogP) is 1.34. The van der Waals surface area contributed by atoms with Crippen LogP contribution >= 0.6 is 0 Å². The molecule has 2 fully saturated rings. The first-order chi connectivity index (χ1) is 11.0. The Hall–Kier alpha value is -1.40. The van der Waals surface area contributed by atoms with Gasteiger partial charge in [-0.3, -0.25) is 9.69 Å². The predicted molar refractivity (Wildman–Crippen MR) is 89.7 cm³/mol. The highest BCUT2D eigenvalue weighted by Gasteiger charge is 2.33. The number of nitrogens with zero attached hydrogens (tertiary/aromatic N) is 1. The fourth-order valence-electron chi connectivity index (χ4n) is 3.46. The first-order valence-corrected chi connectivity index (χ1v) is 10.1. The van der Waals surface area contributed by atoms with E-state index in [-0.39, 0.29) is 29.5 Å². The monoisotopic (exact) mass is 336 g/mol. The first-order valence-electron chi connectivity index (χ1n) is 8.32. The summed E-state index contributed by atoms with van der Waals surface area (Å²) in [6.07, 6.45) is 2.99. The van der Waals surface area contributed by atoms with Gasteiger partial charge in [-0.05, 0) is 37.8 Å². The van der Waals surface area contributed by atoms with Crippen molar-refractivity contribution in [2.24, 2.45) is 0 Å². The number of hydrogen-bond acceptors (Lipinski definition) is 4. The molecule has 0 spiro atoms. The average molecular weight is 336 g/mol. The van der Waals surface area contributed by atoms with E-state index in [0.29, 0.717) is 12.8 Å². The molecule has 1 aromatic carbocycles. The Balaban J connectivity index is 1.56. The van der Waals surface area contributed by atoms with Crippen molar-refractivity contribution in [1.29, 1.82) is 0 Å². The zero-order valence-electron chi connectivity index (χ0n) is 13.3. The maximum Gasteiger partial charge on any atom is 0.237 e. The molecule has 2 aliphatic heterocycles. The third kappa shape index (κ3) is 4.32. The highest BCUT2D eigenvalue weighted by Crippen LogP contribution is 2.21. The molecule has 0 saturated carbocycles. The van der Waals surface area contributed by atoms with Crippen molar-refractivity contribution < 1.29 is 13.2 Å². The van der Waals surface area contributed by atoms with E-state index in [4.69, 9.17) is 0 Å². The Morgan fingerprint density at radius 2 is 1.83 bits per heavy atom. The third-order valence-corrected chi connectivity index (χ3v) is 6.51. The summed E-state index contributed by atoms with van der Waals surface area (Å²) in [6.45, 7) is 1.73. The van der Waals surface area contributed by atoms with Crippen LogP contribution in [-0.4, -0.2) is 49.4 Å². The number of rotatable bonds is 4. The number of amides is 1. The van der Waals surface area contributed by atoms with Crippen molar-refractivity contribution >= 4 is 15.7 Å². The summed E-state index contributed by atoms with van der Waals surface area (Å²) in [7, 11) is -2.88. The van der Waals surface area contributed by atoms with Crippen molar-refractivity contribution in [1.82, 2.24) is 10.2 Å². The molecule has 0 radical (unpaired) electrons. The number of hydrogen-bond donors (Lipinski definition) is 1. The van der Waals surface area contributed by atoms with E-state index in [1.54, 1.807) is 0 Å². The van der Waals surface area contributed by atoms with Crippen LogP contribution in [0.5, 0.6) is 0 Å². The molecule has 23 heavy (non-hydrogen) atoms. The average Bonchev–Trinajstić information content (AvgIpc) is 2.99. The summed E-state index contributed by atoms with van der Waals surface area (Å²) in [5, 5.41) is 3.07. The molecule has 2 aliphatic rings. The number of benzene rings is 1. The molecule has 126 valence electrons. The lowest BCUT2D eigenvalue weighted by molar-refractivity contribution is -0.126. The zero-order valence-corrected chi connectivity index (χ0v) is 14.1. The number of carbonyl (C=O) groups excluding carboxylic acids is 1. The lowest BCUT2D eigenvalue weighted by Gasteiger charge is -2.28. The van der Waals surface area contributed by atoms with Crippen molar-refractivity contribution in [2.75, 3.05) is 18.1 Å². The second-order valence-corrected chi connectivity index (χ2v) is 8.85. The molecule has 5 nitrogen and oxygen atoms in total. The molecule has 1 N–H and O–H groups in total. The molecule has 2 saturated heterocycles. The molecule has 0 unspecified atom stereocenters. The van der Waals surface area contributed by atoms with Gasteiger partial charge in [0.1, 0.15) is 9.84 Å². The summed E-state index contributed by atoms with van der Waals surface area (Å²) in [6, 6.07) is 10.1. The second kappa shape index (κ2) is 7.01. The zero-order chi connectivity index (χ0) is 16.3. The van der Waals surface area contributed by atoms with Gasteiger partial charge in [0, 0.05) is 12.6 Å². The largest absolute Gasteiger partial charge is 0.352 e. The van der Waals surface area contributed by atoms with Crippen LogP contribution in [0, 0.1) is 0 Å². The van der Waals surface area contributed by atoms with Gasteiger partial charge in [0.15, 0.2) is 0 Å². The molecule has 2 heterocycles. The van der Waals surface area contributed by atoms with Gasteiger partial charge in [0.05, 0.1) is 17.5 Å². The van der Waals surface area contributed by atoms with Crippen molar-refractivity contribution in [2.45, 2.75) is 44.3 Å². The Bertz CT molecular complexity index is 631. The van der Waals surface area contributed by atoms with Gasteiger partial charge in [-0.1, -0.05) is 30.3 Å². The van der Waals surface area contributed by atoms with Gasteiger partial charge in [-0.15, -0.1) is 0 Å². The molecule has 1 atom stereocenters. The third-order valence-electron chi connectivity index (χ3n) is 4.80. The molecule has 6 heteroatoms. The molecule has 3 rings (SSSR count). The van der Waals surface area contributed by atoms with E-state index in [9.17, 15) is 13.2 Å². The highest BCUT2D eigenvalue weighted by atomic mass is 32.2. The SMILES string of the molecule is O=C(NC1CCS(=O)(=O)CC1)[C@@H]1CCCN1Cc1ccccc1. The minimum absolute atomic E-state index is 0.00482. The number of likely N-dealkylation sites (tertiary alicyclic amines) is 1. The van der Waals surface area contributed by atoms with Crippen LogP contribution in [0.4, 0.5) is 0 Å². The Morgan fingerprint density at radius 3 is 2.52 bits per heavy atom. The Morgan fingerprint density at radius 1 is 1.13 bits per heavy atom. The van der Waals surface area contributed by atoms with Crippen LogP contribution in [0.25, 0.3) is 0 Å². The second-order valence-electron chi connectivity index (χ2n) is 6.55. The quantitative estimate of drug-likeness (QED) is 0.901. The summed E-state index contributed by atoms with van der Waals surface area (Å²) in [4.78, 5) is 14.8.